The van der Waals surface area contributed by atoms with Crippen molar-refractivity contribution in [1.29, 1.82) is 0 Å². The predicted octanol–water partition coefficient (Wildman–Crippen LogP) is 3.42. The maximum Gasteiger partial charge on any atom is 0.0371 e. The molecule has 0 saturated carbocycles. The summed E-state index contributed by atoms with van der Waals surface area (Å²) in [5.41, 5.74) is 1.16. The fourth-order valence-corrected chi connectivity index (χ4v) is 2.39. The zero-order valence-corrected chi connectivity index (χ0v) is 10.6. The summed E-state index contributed by atoms with van der Waals surface area (Å²) in [6.45, 7) is 5.54. The number of aromatic nitrogens is 1. The maximum atomic E-state index is 4.01. The number of hydrogen-bond acceptors (Lipinski definition) is 3. The summed E-state index contributed by atoms with van der Waals surface area (Å²) in [7, 11) is 0. The number of rotatable bonds is 6. The normalized spacial score (nSPS) is 11.4. The number of nitrogens with zero attached hydrogens (tertiary/aromatic N) is 1. The van der Waals surface area contributed by atoms with Gasteiger partial charge in [-0.1, -0.05) is 13.8 Å². The van der Waals surface area contributed by atoms with Crippen LogP contribution in [0.5, 0.6) is 0 Å². The van der Waals surface area contributed by atoms with Crippen molar-refractivity contribution in [1.82, 2.24) is 4.98 Å². The highest BCUT2D eigenvalue weighted by Gasteiger charge is 2.24. The molecule has 0 aliphatic heterocycles. The Morgan fingerprint density at radius 2 is 1.87 bits per heavy atom. The molecule has 0 atom stereocenters. The summed E-state index contributed by atoms with van der Waals surface area (Å²) in [5, 5.41) is 3.48. The Morgan fingerprint density at radius 3 is 2.33 bits per heavy atom. The molecule has 0 unspecified atom stereocenters. The molecule has 0 aliphatic carbocycles. The average molecular weight is 224 g/mol. The summed E-state index contributed by atoms with van der Waals surface area (Å²) in [6, 6.07) is 4.02. The Balaban J connectivity index is 2.54. The molecule has 2 nitrogen and oxygen atoms in total. The minimum absolute atomic E-state index is 0.364. The summed E-state index contributed by atoms with van der Waals surface area (Å²) in [4.78, 5) is 4.01. The van der Waals surface area contributed by atoms with E-state index < -0.39 is 0 Å². The molecule has 0 spiro atoms. The molecule has 1 N–H and O–H groups in total. The minimum atomic E-state index is 0.364. The van der Waals surface area contributed by atoms with E-state index in [4.69, 9.17) is 0 Å². The number of anilines is 1. The van der Waals surface area contributed by atoms with Gasteiger partial charge in [0.05, 0.1) is 0 Å². The highest BCUT2D eigenvalue weighted by atomic mass is 32.2. The molecule has 0 bridgehead atoms. The Labute approximate surface area is 96.9 Å². The SMILES string of the molecule is CCC(CC)(CNc1ccncc1)SC. The van der Waals surface area contributed by atoms with Crippen LogP contribution in [0.2, 0.25) is 0 Å². The quantitative estimate of drug-likeness (QED) is 0.801. The van der Waals surface area contributed by atoms with Gasteiger partial charge in [-0.3, -0.25) is 4.98 Å². The molecule has 1 heterocycles. The Kier molecular flexibility index (Phi) is 4.95. The van der Waals surface area contributed by atoms with Crippen LogP contribution in [0, 0.1) is 0 Å². The van der Waals surface area contributed by atoms with Gasteiger partial charge in [0, 0.05) is 29.4 Å². The third kappa shape index (κ3) is 3.42. The lowest BCUT2D eigenvalue weighted by Gasteiger charge is -2.30. The van der Waals surface area contributed by atoms with Crippen molar-refractivity contribution in [2.24, 2.45) is 0 Å². The van der Waals surface area contributed by atoms with E-state index in [2.05, 4.69) is 30.4 Å². The van der Waals surface area contributed by atoms with Gasteiger partial charge in [-0.05, 0) is 31.2 Å². The minimum Gasteiger partial charge on any atom is -0.384 e. The van der Waals surface area contributed by atoms with Gasteiger partial charge in [0.25, 0.3) is 0 Å². The van der Waals surface area contributed by atoms with E-state index in [1.54, 1.807) is 0 Å². The summed E-state index contributed by atoms with van der Waals surface area (Å²) < 4.78 is 0.364. The van der Waals surface area contributed by atoms with Gasteiger partial charge >= 0.3 is 0 Å². The maximum absolute atomic E-state index is 4.01. The molecule has 0 aromatic carbocycles. The van der Waals surface area contributed by atoms with Crippen molar-refractivity contribution in [2.75, 3.05) is 18.1 Å². The third-order valence-electron chi connectivity index (χ3n) is 3.02. The molecule has 0 aliphatic rings. The topological polar surface area (TPSA) is 24.9 Å². The van der Waals surface area contributed by atoms with E-state index in [1.165, 1.54) is 12.8 Å². The molecule has 1 rings (SSSR count). The number of hydrogen-bond donors (Lipinski definition) is 1. The van der Waals surface area contributed by atoms with Gasteiger partial charge in [0.2, 0.25) is 0 Å². The van der Waals surface area contributed by atoms with Crippen molar-refractivity contribution in [3.8, 4) is 0 Å². The van der Waals surface area contributed by atoms with Crippen molar-refractivity contribution < 1.29 is 0 Å². The van der Waals surface area contributed by atoms with Crippen LogP contribution >= 0.6 is 11.8 Å². The Morgan fingerprint density at radius 1 is 1.27 bits per heavy atom. The lowest BCUT2D eigenvalue weighted by Crippen LogP contribution is -2.31. The van der Waals surface area contributed by atoms with Crippen molar-refractivity contribution in [2.45, 2.75) is 31.4 Å². The Hall–Kier alpha value is -0.700. The van der Waals surface area contributed by atoms with Crippen LogP contribution in [-0.4, -0.2) is 22.5 Å². The van der Waals surface area contributed by atoms with Crippen LogP contribution in [0.25, 0.3) is 0 Å². The standard InChI is InChI=1S/C12H20N2S/c1-4-12(5-2,15-3)10-14-11-6-8-13-9-7-11/h6-9H,4-5,10H2,1-3H3,(H,13,14). The summed E-state index contributed by atoms with van der Waals surface area (Å²) in [6.07, 6.45) is 8.23. The molecule has 0 amide bonds. The van der Waals surface area contributed by atoms with Crippen LogP contribution in [0.15, 0.2) is 24.5 Å². The molecule has 84 valence electrons. The lowest BCUT2D eigenvalue weighted by atomic mass is 10.0. The van der Waals surface area contributed by atoms with Gasteiger partial charge in [-0.2, -0.15) is 11.8 Å². The summed E-state index contributed by atoms with van der Waals surface area (Å²) in [5.74, 6) is 0. The van der Waals surface area contributed by atoms with Crippen LogP contribution in [-0.2, 0) is 0 Å². The van der Waals surface area contributed by atoms with Crippen LogP contribution in [0.1, 0.15) is 26.7 Å². The monoisotopic (exact) mass is 224 g/mol. The van der Waals surface area contributed by atoms with Crippen LogP contribution < -0.4 is 5.32 Å². The summed E-state index contributed by atoms with van der Waals surface area (Å²) >= 11 is 1.96. The highest BCUT2D eigenvalue weighted by Crippen LogP contribution is 2.30. The second kappa shape index (κ2) is 6.01. The number of nitrogens with one attached hydrogen (secondary N) is 1. The average Bonchev–Trinajstić information content (AvgIpc) is 2.33. The molecular weight excluding hydrogens is 204 g/mol. The number of thioether (sulfide) groups is 1. The van der Waals surface area contributed by atoms with E-state index in [1.807, 2.05) is 36.3 Å². The first-order valence-electron chi connectivity index (χ1n) is 5.45. The van der Waals surface area contributed by atoms with Crippen molar-refractivity contribution >= 4 is 17.4 Å². The first kappa shape index (κ1) is 12.4. The van der Waals surface area contributed by atoms with E-state index in [-0.39, 0.29) is 0 Å². The molecule has 1 aromatic rings. The second-order valence-electron chi connectivity index (χ2n) is 3.68. The second-order valence-corrected chi connectivity index (χ2v) is 4.96. The molecular formula is C12H20N2S. The zero-order valence-electron chi connectivity index (χ0n) is 9.79. The molecule has 1 aromatic heterocycles. The molecule has 3 heteroatoms. The lowest BCUT2D eigenvalue weighted by molar-refractivity contribution is 0.575. The molecule has 0 radical (unpaired) electrons. The Bertz CT molecular complexity index is 262. The molecule has 15 heavy (non-hydrogen) atoms. The van der Waals surface area contributed by atoms with Crippen LogP contribution in [0.4, 0.5) is 5.69 Å². The highest BCUT2D eigenvalue weighted by molar-refractivity contribution is 8.00. The van der Waals surface area contributed by atoms with E-state index in [9.17, 15) is 0 Å². The van der Waals surface area contributed by atoms with Crippen LogP contribution in [0.3, 0.4) is 0 Å². The van der Waals surface area contributed by atoms with E-state index in [0.717, 1.165) is 12.2 Å². The van der Waals surface area contributed by atoms with Gasteiger partial charge < -0.3 is 5.32 Å². The first-order valence-corrected chi connectivity index (χ1v) is 6.68. The fourth-order valence-electron chi connectivity index (χ4n) is 1.59. The molecule has 0 saturated heterocycles. The zero-order chi connectivity index (χ0) is 11.1. The van der Waals surface area contributed by atoms with Gasteiger partial charge in [-0.15, -0.1) is 0 Å². The van der Waals surface area contributed by atoms with E-state index in [0.29, 0.717) is 4.75 Å². The predicted molar refractivity (Wildman–Crippen MR) is 69.6 cm³/mol. The smallest absolute Gasteiger partial charge is 0.0371 e. The van der Waals surface area contributed by atoms with Gasteiger partial charge in [0.15, 0.2) is 0 Å². The fraction of sp³-hybridized carbons (Fsp3) is 0.583. The largest absolute Gasteiger partial charge is 0.384 e. The number of pyridine rings is 1. The van der Waals surface area contributed by atoms with Gasteiger partial charge in [0.1, 0.15) is 0 Å². The van der Waals surface area contributed by atoms with E-state index >= 15 is 0 Å². The van der Waals surface area contributed by atoms with Crippen molar-refractivity contribution in [3.63, 3.8) is 0 Å². The van der Waals surface area contributed by atoms with Crippen molar-refractivity contribution in [3.05, 3.63) is 24.5 Å². The third-order valence-corrected chi connectivity index (χ3v) is 4.60. The van der Waals surface area contributed by atoms with Gasteiger partial charge in [-0.25, -0.2) is 0 Å². The molecule has 0 fully saturated rings. The first-order chi connectivity index (χ1) is 7.26.